The van der Waals surface area contributed by atoms with E-state index in [0.29, 0.717) is 48.6 Å². The summed E-state index contributed by atoms with van der Waals surface area (Å²) in [6.07, 6.45) is 1.65. The molecule has 0 aliphatic carbocycles. The quantitative estimate of drug-likeness (QED) is 0.514. The zero-order valence-electron chi connectivity index (χ0n) is 11.0. The van der Waals surface area contributed by atoms with Crippen molar-refractivity contribution < 1.29 is 19.1 Å². The summed E-state index contributed by atoms with van der Waals surface area (Å²) in [6, 6.07) is 3.14. The van der Waals surface area contributed by atoms with Gasteiger partial charge in [-0.3, -0.25) is 9.59 Å². The number of hydrogen-bond donors (Lipinski definition) is 3. The first-order chi connectivity index (χ1) is 9.58. The summed E-state index contributed by atoms with van der Waals surface area (Å²) in [6.45, 7) is 0.590. The lowest BCUT2D eigenvalue weighted by molar-refractivity contribution is -0.118. The third kappa shape index (κ3) is 3.31. The lowest BCUT2D eigenvalue weighted by atomic mass is 10.1. The van der Waals surface area contributed by atoms with Gasteiger partial charge < -0.3 is 26.3 Å². The maximum atomic E-state index is 12.0. The molecule has 0 radical (unpaired) electrons. The summed E-state index contributed by atoms with van der Waals surface area (Å²) in [5.74, 6) is 0.440. The Hall–Kier alpha value is -2.44. The number of benzene rings is 1. The van der Waals surface area contributed by atoms with Crippen molar-refractivity contribution in [2.45, 2.75) is 19.3 Å². The third-order valence-corrected chi connectivity index (χ3v) is 2.92. The summed E-state index contributed by atoms with van der Waals surface area (Å²) < 4.78 is 10.4. The molecule has 0 unspecified atom stereocenters. The number of rotatable bonds is 6. The predicted molar refractivity (Wildman–Crippen MR) is 72.4 cm³/mol. The van der Waals surface area contributed by atoms with Gasteiger partial charge in [0.2, 0.25) is 12.7 Å². The van der Waals surface area contributed by atoms with Crippen LogP contribution in [0.2, 0.25) is 0 Å². The van der Waals surface area contributed by atoms with Gasteiger partial charge in [-0.15, -0.1) is 0 Å². The molecule has 1 aliphatic heterocycles. The van der Waals surface area contributed by atoms with Crippen LogP contribution >= 0.6 is 0 Å². The Morgan fingerprint density at radius 3 is 2.60 bits per heavy atom. The van der Waals surface area contributed by atoms with E-state index in [0.717, 1.165) is 0 Å². The minimum Gasteiger partial charge on any atom is -0.454 e. The molecule has 0 fully saturated rings. The fourth-order valence-electron chi connectivity index (χ4n) is 1.88. The third-order valence-electron chi connectivity index (χ3n) is 2.92. The van der Waals surface area contributed by atoms with Crippen LogP contribution in [-0.2, 0) is 4.79 Å². The Morgan fingerprint density at radius 1 is 1.20 bits per heavy atom. The number of carbonyl (C=O) groups excluding carboxylic acids is 2. The average Bonchev–Trinajstić information content (AvgIpc) is 2.83. The van der Waals surface area contributed by atoms with E-state index in [-0.39, 0.29) is 18.6 Å². The monoisotopic (exact) mass is 279 g/mol. The van der Waals surface area contributed by atoms with E-state index in [1.807, 2.05) is 0 Å². The molecule has 108 valence electrons. The SMILES string of the molecule is NC(=O)CCCCNC(=O)c1cc2c(cc1N)OCO2. The van der Waals surface area contributed by atoms with E-state index in [9.17, 15) is 9.59 Å². The molecule has 0 bridgehead atoms. The Balaban J connectivity index is 1.88. The molecule has 1 heterocycles. The standard InChI is InChI=1S/C13H17N3O4/c14-9-6-11-10(19-7-20-11)5-8(9)13(18)16-4-2-1-3-12(15)17/h5-6H,1-4,7,14H2,(H2,15,17)(H,16,18). The van der Waals surface area contributed by atoms with Gasteiger partial charge in [0.25, 0.3) is 5.91 Å². The number of amides is 2. The number of nitrogens with one attached hydrogen (secondary N) is 1. The number of ether oxygens (including phenoxy) is 2. The van der Waals surface area contributed by atoms with Crippen molar-refractivity contribution in [3.63, 3.8) is 0 Å². The van der Waals surface area contributed by atoms with E-state index in [4.69, 9.17) is 20.9 Å². The summed E-state index contributed by atoms with van der Waals surface area (Å²) in [7, 11) is 0. The highest BCUT2D eigenvalue weighted by Gasteiger charge is 2.19. The molecule has 0 atom stereocenters. The highest BCUT2D eigenvalue weighted by molar-refractivity contribution is 6.00. The van der Waals surface area contributed by atoms with Crippen molar-refractivity contribution in [1.82, 2.24) is 5.32 Å². The van der Waals surface area contributed by atoms with Crippen molar-refractivity contribution in [2.24, 2.45) is 5.73 Å². The molecular weight excluding hydrogens is 262 g/mol. The maximum absolute atomic E-state index is 12.0. The van der Waals surface area contributed by atoms with Crippen molar-refractivity contribution in [3.8, 4) is 11.5 Å². The number of primary amides is 1. The van der Waals surface area contributed by atoms with Crippen molar-refractivity contribution in [3.05, 3.63) is 17.7 Å². The van der Waals surface area contributed by atoms with Crippen molar-refractivity contribution >= 4 is 17.5 Å². The Morgan fingerprint density at radius 2 is 1.90 bits per heavy atom. The van der Waals surface area contributed by atoms with Gasteiger partial charge >= 0.3 is 0 Å². The van der Waals surface area contributed by atoms with Crippen molar-refractivity contribution in [1.29, 1.82) is 0 Å². The lowest BCUT2D eigenvalue weighted by Crippen LogP contribution is -2.25. The smallest absolute Gasteiger partial charge is 0.253 e. The van der Waals surface area contributed by atoms with Gasteiger partial charge in [-0.25, -0.2) is 0 Å². The molecule has 2 amide bonds. The van der Waals surface area contributed by atoms with Crippen LogP contribution in [0.1, 0.15) is 29.6 Å². The molecular formula is C13H17N3O4. The largest absolute Gasteiger partial charge is 0.454 e. The Labute approximate surface area is 116 Å². The molecule has 7 nitrogen and oxygen atoms in total. The number of nitrogen functional groups attached to an aromatic ring is 1. The normalized spacial score (nSPS) is 12.2. The Bertz CT molecular complexity index is 531. The number of fused-ring (bicyclic) bond motifs is 1. The van der Waals surface area contributed by atoms with Gasteiger partial charge in [0.1, 0.15) is 0 Å². The zero-order chi connectivity index (χ0) is 14.5. The molecule has 0 spiro atoms. The van der Waals surface area contributed by atoms with Gasteiger partial charge in [0.05, 0.1) is 5.56 Å². The number of carbonyl (C=O) groups is 2. The summed E-state index contributed by atoms with van der Waals surface area (Å²) in [5.41, 5.74) is 11.5. The first-order valence-electron chi connectivity index (χ1n) is 6.33. The molecule has 0 saturated carbocycles. The molecule has 1 aromatic rings. The first-order valence-corrected chi connectivity index (χ1v) is 6.33. The summed E-state index contributed by atoms with van der Waals surface area (Å²) >= 11 is 0. The van der Waals surface area contributed by atoms with Crippen LogP contribution < -0.4 is 26.3 Å². The van der Waals surface area contributed by atoms with Gasteiger partial charge in [0, 0.05) is 24.7 Å². The number of hydrogen-bond acceptors (Lipinski definition) is 5. The van der Waals surface area contributed by atoms with Crippen molar-refractivity contribution in [2.75, 3.05) is 19.1 Å². The van der Waals surface area contributed by atoms with E-state index >= 15 is 0 Å². The topological polar surface area (TPSA) is 117 Å². The van der Waals surface area contributed by atoms with Gasteiger partial charge in [-0.05, 0) is 18.9 Å². The van der Waals surface area contributed by atoms with Crippen LogP contribution in [0.15, 0.2) is 12.1 Å². The fraction of sp³-hybridized carbons (Fsp3) is 0.385. The Kier molecular flexibility index (Phi) is 4.29. The number of anilines is 1. The molecule has 20 heavy (non-hydrogen) atoms. The molecule has 0 aromatic heterocycles. The van der Waals surface area contributed by atoms with Crippen LogP contribution in [0, 0.1) is 0 Å². The van der Waals surface area contributed by atoms with E-state index in [1.165, 1.54) is 0 Å². The molecule has 1 aromatic carbocycles. The second-order valence-electron chi connectivity index (χ2n) is 4.47. The molecule has 2 rings (SSSR count). The highest BCUT2D eigenvalue weighted by atomic mass is 16.7. The number of unbranched alkanes of at least 4 members (excludes halogenated alkanes) is 1. The molecule has 0 saturated heterocycles. The average molecular weight is 279 g/mol. The second-order valence-corrected chi connectivity index (χ2v) is 4.47. The lowest BCUT2D eigenvalue weighted by Gasteiger charge is -2.08. The van der Waals surface area contributed by atoms with E-state index in [2.05, 4.69) is 5.32 Å². The molecule has 5 N–H and O–H groups in total. The van der Waals surface area contributed by atoms with Crippen LogP contribution in [0.5, 0.6) is 11.5 Å². The zero-order valence-corrected chi connectivity index (χ0v) is 11.0. The minimum atomic E-state index is -0.337. The van der Waals surface area contributed by atoms with Crippen LogP contribution in [0.25, 0.3) is 0 Å². The first kappa shape index (κ1) is 14.0. The van der Waals surface area contributed by atoms with Crippen LogP contribution in [0.4, 0.5) is 5.69 Å². The fourth-order valence-corrected chi connectivity index (χ4v) is 1.88. The van der Waals surface area contributed by atoms with E-state index in [1.54, 1.807) is 12.1 Å². The number of nitrogens with two attached hydrogens (primary N) is 2. The second kappa shape index (κ2) is 6.14. The van der Waals surface area contributed by atoms with Crippen LogP contribution in [-0.4, -0.2) is 25.2 Å². The molecule has 7 heteroatoms. The highest BCUT2D eigenvalue weighted by Crippen LogP contribution is 2.35. The molecule has 1 aliphatic rings. The van der Waals surface area contributed by atoms with Gasteiger partial charge in [0.15, 0.2) is 11.5 Å². The summed E-state index contributed by atoms with van der Waals surface area (Å²) in [5, 5.41) is 2.74. The van der Waals surface area contributed by atoms with Crippen LogP contribution in [0.3, 0.4) is 0 Å². The predicted octanol–water partition coefficient (Wildman–Crippen LogP) is 0.383. The maximum Gasteiger partial charge on any atom is 0.253 e. The minimum absolute atomic E-state index is 0.132. The van der Waals surface area contributed by atoms with E-state index < -0.39 is 0 Å². The summed E-state index contributed by atoms with van der Waals surface area (Å²) in [4.78, 5) is 22.5. The van der Waals surface area contributed by atoms with Gasteiger partial charge in [-0.2, -0.15) is 0 Å². The van der Waals surface area contributed by atoms with Gasteiger partial charge in [-0.1, -0.05) is 0 Å².